The summed E-state index contributed by atoms with van der Waals surface area (Å²) in [7, 11) is 0. The van der Waals surface area contributed by atoms with Gasteiger partial charge in [-0.25, -0.2) is 0 Å². The van der Waals surface area contributed by atoms with E-state index in [9.17, 15) is 4.79 Å². The summed E-state index contributed by atoms with van der Waals surface area (Å²) in [5, 5.41) is 3.25. The van der Waals surface area contributed by atoms with Crippen molar-refractivity contribution in [1.82, 2.24) is 10.2 Å². The molecule has 0 saturated carbocycles. The number of ether oxygens (including phenoxy) is 1. The number of amides is 1. The third-order valence-electron chi connectivity index (χ3n) is 4.15. The number of hydrogen-bond acceptors (Lipinski definition) is 4. The van der Waals surface area contributed by atoms with Crippen LogP contribution in [0, 0.1) is 0 Å². The maximum absolute atomic E-state index is 12.5. The number of rotatable bonds is 2. The molecule has 0 bridgehead atoms. The minimum Gasteiger partial charge on any atom is -0.378 e. The van der Waals surface area contributed by atoms with Gasteiger partial charge >= 0.3 is 0 Å². The van der Waals surface area contributed by atoms with Gasteiger partial charge in [0.05, 0.1) is 13.2 Å². The molecule has 0 aliphatic carbocycles. The van der Waals surface area contributed by atoms with Gasteiger partial charge in [-0.3, -0.25) is 4.79 Å². The van der Waals surface area contributed by atoms with Gasteiger partial charge in [0.1, 0.15) is 6.04 Å². The Morgan fingerprint density at radius 3 is 2.76 bits per heavy atom. The van der Waals surface area contributed by atoms with E-state index in [0.717, 1.165) is 39.1 Å². The van der Waals surface area contributed by atoms with Crippen LogP contribution in [0.2, 0.25) is 0 Å². The number of morpholine rings is 1. The van der Waals surface area contributed by atoms with Gasteiger partial charge in [-0.15, -0.1) is 0 Å². The van der Waals surface area contributed by atoms with Crippen molar-refractivity contribution in [3.63, 3.8) is 0 Å². The number of hydrogen-bond donors (Lipinski definition) is 1. The molecule has 2 saturated heterocycles. The Kier molecular flexibility index (Phi) is 4.72. The van der Waals surface area contributed by atoms with E-state index in [-0.39, 0.29) is 11.9 Å². The monoisotopic (exact) mass is 289 g/mol. The van der Waals surface area contributed by atoms with Crippen molar-refractivity contribution in [3.05, 3.63) is 30.3 Å². The minimum absolute atomic E-state index is 0.165. The number of para-hydroxylation sites is 1. The van der Waals surface area contributed by atoms with Crippen molar-refractivity contribution in [2.24, 2.45) is 0 Å². The molecule has 21 heavy (non-hydrogen) atoms. The van der Waals surface area contributed by atoms with Gasteiger partial charge in [-0.1, -0.05) is 18.2 Å². The predicted octanol–water partition coefficient (Wildman–Crippen LogP) is 0.714. The molecule has 0 aromatic heterocycles. The standard InChI is InChI=1S/C16H23N3O2/c20-16(15-13-21-12-7-17-15)19-9-4-8-18(10-11-19)14-5-2-1-3-6-14/h1-3,5-6,15,17H,4,7-13H2. The second-order valence-corrected chi connectivity index (χ2v) is 5.58. The summed E-state index contributed by atoms with van der Waals surface area (Å²) in [5.41, 5.74) is 1.24. The number of carbonyl (C=O) groups excluding carboxylic acids is 1. The zero-order chi connectivity index (χ0) is 14.5. The van der Waals surface area contributed by atoms with Crippen molar-refractivity contribution in [3.8, 4) is 0 Å². The first-order valence-electron chi connectivity index (χ1n) is 7.74. The smallest absolute Gasteiger partial charge is 0.242 e. The lowest BCUT2D eigenvalue weighted by Crippen LogP contribution is -2.53. The summed E-state index contributed by atoms with van der Waals surface area (Å²) in [6.45, 7) is 5.47. The highest BCUT2D eigenvalue weighted by Crippen LogP contribution is 2.16. The van der Waals surface area contributed by atoms with Crippen LogP contribution in [0.4, 0.5) is 5.69 Å². The van der Waals surface area contributed by atoms with E-state index in [0.29, 0.717) is 13.2 Å². The third kappa shape index (κ3) is 3.54. The number of anilines is 1. The van der Waals surface area contributed by atoms with Crippen LogP contribution in [0.25, 0.3) is 0 Å². The van der Waals surface area contributed by atoms with Crippen LogP contribution in [0.3, 0.4) is 0 Å². The molecule has 0 spiro atoms. The molecule has 5 heteroatoms. The zero-order valence-electron chi connectivity index (χ0n) is 12.3. The van der Waals surface area contributed by atoms with Gasteiger partial charge in [0, 0.05) is 38.4 Å². The van der Waals surface area contributed by atoms with Crippen molar-refractivity contribution in [2.75, 3.05) is 50.8 Å². The van der Waals surface area contributed by atoms with Gasteiger partial charge < -0.3 is 19.9 Å². The lowest BCUT2D eigenvalue weighted by molar-refractivity contribution is -0.136. The van der Waals surface area contributed by atoms with Gasteiger partial charge in [-0.2, -0.15) is 0 Å². The van der Waals surface area contributed by atoms with Crippen molar-refractivity contribution in [2.45, 2.75) is 12.5 Å². The summed E-state index contributed by atoms with van der Waals surface area (Å²) in [6.07, 6.45) is 1.01. The highest BCUT2D eigenvalue weighted by molar-refractivity contribution is 5.82. The molecule has 1 atom stereocenters. The Bertz CT molecular complexity index is 460. The zero-order valence-corrected chi connectivity index (χ0v) is 12.3. The first-order chi connectivity index (χ1) is 10.3. The van der Waals surface area contributed by atoms with Gasteiger partial charge in [-0.05, 0) is 18.6 Å². The fourth-order valence-corrected chi connectivity index (χ4v) is 2.98. The Hall–Kier alpha value is -1.59. The fraction of sp³-hybridized carbons (Fsp3) is 0.562. The molecule has 2 aliphatic heterocycles. The molecule has 3 rings (SSSR count). The van der Waals surface area contributed by atoms with Gasteiger partial charge in [0.25, 0.3) is 0 Å². The topological polar surface area (TPSA) is 44.8 Å². The molecule has 2 fully saturated rings. The lowest BCUT2D eigenvalue weighted by atomic mass is 10.2. The number of benzene rings is 1. The molecular weight excluding hydrogens is 266 g/mol. The van der Waals surface area contributed by atoms with E-state index in [1.807, 2.05) is 11.0 Å². The molecule has 1 amide bonds. The predicted molar refractivity (Wildman–Crippen MR) is 82.5 cm³/mol. The molecular formula is C16H23N3O2. The van der Waals surface area contributed by atoms with Gasteiger partial charge in [0.2, 0.25) is 5.91 Å². The van der Waals surface area contributed by atoms with Crippen molar-refractivity contribution in [1.29, 1.82) is 0 Å². The average molecular weight is 289 g/mol. The SMILES string of the molecule is O=C(C1COCCN1)N1CCCN(c2ccccc2)CC1. The van der Waals surface area contributed by atoms with Crippen LogP contribution in [-0.4, -0.2) is 62.8 Å². The second kappa shape index (κ2) is 6.91. The van der Waals surface area contributed by atoms with Crippen LogP contribution in [-0.2, 0) is 9.53 Å². The molecule has 0 radical (unpaired) electrons. The molecule has 1 aromatic carbocycles. The van der Waals surface area contributed by atoms with Crippen LogP contribution < -0.4 is 10.2 Å². The Morgan fingerprint density at radius 1 is 1.14 bits per heavy atom. The molecule has 1 unspecified atom stereocenters. The first-order valence-corrected chi connectivity index (χ1v) is 7.74. The summed E-state index contributed by atoms with van der Waals surface area (Å²) in [6, 6.07) is 10.3. The molecule has 2 heterocycles. The fourth-order valence-electron chi connectivity index (χ4n) is 2.98. The molecule has 1 N–H and O–H groups in total. The van der Waals surface area contributed by atoms with E-state index in [1.54, 1.807) is 0 Å². The van der Waals surface area contributed by atoms with Crippen LogP contribution >= 0.6 is 0 Å². The summed E-state index contributed by atoms with van der Waals surface area (Å²) < 4.78 is 5.40. The second-order valence-electron chi connectivity index (χ2n) is 5.58. The Labute approximate surface area is 125 Å². The summed E-state index contributed by atoms with van der Waals surface area (Å²) in [4.78, 5) is 16.9. The Morgan fingerprint density at radius 2 is 2.00 bits per heavy atom. The molecule has 2 aliphatic rings. The lowest BCUT2D eigenvalue weighted by Gasteiger charge is -2.29. The minimum atomic E-state index is -0.165. The van der Waals surface area contributed by atoms with Crippen LogP contribution in [0.15, 0.2) is 30.3 Å². The van der Waals surface area contributed by atoms with E-state index in [1.165, 1.54) is 5.69 Å². The van der Waals surface area contributed by atoms with E-state index >= 15 is 0 Å². The molecule has 1 aromatic rings. The third-order valence-corrected chi connectivity index (χ3v) is 4.15. The van der Waals surface area contributed by atoms with Crippen LogP contribution in [0.5, 0.6) is 0 Å². The summed E-state index contributed by atoms with van der Waals surface area (Å²) in [5.74, 6) is 0.185. The van der Waals surface area contributed by atoms with E-state index < -0.39 is 0 Å². The first kappa shape index (κ1) is 14.4. The van der Waals surface area contributed by atoms with Crippen molar-refractivity contribution < 1.29 is 9.53 Å². The van der Waals surface area contributed by atoms with E-state index in [4.69, 9.17) is 4.74 Å². The highest BCUT2D eigenvalue weighted by atomic mass is 16.5. The van der Waals surface area contributed by atoms with Crippen LogP contribution in [0.1, 0.15) is 6.42 Å². The number of carbonyl (C=O) groups is 1. The van der Waals surface area contributed by atoms with E-state index in [2.05, 4.69) is 34.5 Å². The Balaban J connectivity index is 1.59. The number of nitrogens with zero attached hydrogens (tertiary/aromatic N) is 2. The summed E-state index contributed by atoms with van der Waals surface area (Å²) >= 11 is 0. The average Bonchev–Trinajstić information content (AvgIpc) is 2.82. The quantitative estimate of drug-likeness (QED) is 0.871. The normalized spacial score (nSPS) is 23.7. The maximum atomic E-state index is 12.5. The highest BCUT2D eigenvalue weighted by Gasteiger charge is 2.27. The number of nitrogens with one attached hydrogen (secondary N) is 1. The molecule has 5 nitrogen and oxygen atoms in total. The van der Waals surface area contributed by atoms with Gasteiger partial charge in [0.15, 0.2) is 0 Å². The largest absolute Gasteiger partial charge is 0.378 e. The molecule has 114 valence electrons. The maximum Gasteiger partial charge on any atom is 0.242 e. The van der Waals surface area contributed by atoms with Crippen molar-refractivity contribution >= 4 is 11.6 Å².